The summed E-state index contributed by atoms with van der Waals surface area (Å²) < 4.78 is 5.82. The van der Waals surface area contributed by atoms with Gasteiger partial charge in [-0.25, -0.2) is 0 Å². The first-order valence-electron chi connectivity index (χ1n) is 7.16. The Balaban J connectivity index is 1.71. The molecule has 0 radical (unpaired) electrons. The predicted molar refractivity (Wildman–Crippen MR) is 94.9 cm³/mol. The number of nitrogens with one attached hydrogen (secondary N) is 1. The summed E-state index contributed by atoms with van der Waals surface area (Å²) in [5.74, 6) is 1.14. The summed E-state index contributed by atoms with van der Waals surface area (Å²) in [6, 6.07) is 20.7. The van der Waals surface area contributed by atoms with Gasteiger partial charge in [0.2, 0.25) is 5.91 Å². The Bertz CT molecular complexity index is 795. The van der Waals surface area contributed by atoms with E-state index in [2.05, 4.69) is 5.32 Å². The molecule has 3 rings (SSSR count). The standard InChI is InChI=1S/C19H15NO2S/c21-19(13-12-16-9-6-14-23-16)20-17-10-4-5-11-18(17)22-15-7-2-1-3-8-15/h1-14H,(H,20,21). The van der Waals surface area contributed by atoms with E-state index in [4.69, 9.17) is 4.74 Å². The van der Waals surface area contributed by atoms with Crippen LogP contribution in [0.3, 0.4) is 0 Å². The minimum absolute atomic E-state index is 0.192. The number of para-hydroxylation sites is 3. The Morgan fingerprint density at radius 2 is 1.74 bits per heavy atom. The third-order valence-corrected chi connectivity index (χ3v) is 3.90. The van der Waals surface area contributed by atoms with Crippen molar-refractivity contribution < 1.29 is 9.53 Å². The number of thiophene rings is 1. The van der Waals surface area contributed by atoms with Crippen LogP contribution in [0, 0.1) is 0 Å². The molecule has 2 aromatic carbocycles. The van der Waals surface area contributed by atoms with Gasteiger partial charge < -0.3 is 10.1 Å². The van der Waals surface area contributed by atoms with Gasteiger partial charge in [-0.3, -0.25) is 4.79 Å². The van der Waals surface area contributed by atoms with Crippen LogP contribution in [0.25, 0.3) is 6.08 Å². The monoisotopic (exact) mass is 321 g/mol. The molecule has 3 aromatic rings. The van der Waals surface area contributed by atoms with Crippen molar-refractivity contribution in [3.63, 3.8) is 0 Å². The second kappa shape index (κ2) is 7.42. The van der Waals surface area contributed by atoms with E-state index in [1.807, 2.05) is 72.1 Å². The Labute approximate surface area is 138 Å². The highest BCUT2D eigenvalue weighted by Gasteiger charge is 2.06. The number of carbonyl (C=O) groups excluding carboxylic acids is 1. The van der Waals surface area contributed by atoms with E-state index in [-0.39, 0.29) is 5.91 Å². The molecule has 114 valence electrons. The smallest absolute Gasteiger partial charge is 0.248 e. The highest BCUT2D eigenvalue weighted by Crippen LogP contribution is 2.29. The molecule has 0 saturated heterocycles. The van der Waals surface area contributed by atoms with Crippen LogP contribution >= 0.6 is 11.3 Å². The van der Waals surface area contributed by atoms with Gasteiger partial charge in [0, 0.05) is 11.0 Å². The van der Waals surface area contributed by atoms with E-state index < -0.39 is 0 Å². The van der Waals surface area contributed by atoms with Crippen LogP contribution in [0.15, 0.2) is 78.2 Å². The predicted octanol–water partition coefficient (Wildman–Crippen LogP) is 5.19. The minimum atomic E-state index is -0.192. The molecule has 3 nitrogen and oxygen atoms in total. The summed E-state index contributed by atoms with van der Waals surface area (Å²) >= 11 is 1.58. The van der Waals surface area contributed by atoms with Gasteiger partial charge in [-0.1, -0.05) is 36.4 Å². The normalized spacial score (nSPS) is 10.6. The molecule has 1 heterocycles. The van der Waals surface area contributed by atoms with Crippen LogP contribution in [0.2, 0.25) is 0 Å². The summed E-state index contributed by atoms with van der Waals surface area (Å²) in [5.41, 5.74) is 0.636. The molecule has 0 atom stereocenters. The van der Waals surface area contributed by atoms with Crippen molar-refractivity contribution >= 4 is 29.0 Å². The highest BCUT2D eigenvalue weighted by molar-refractivity contribution is 7.10. The quantitative estimate of drug-likeness (QED) is 0.657. The molecule has 4 heteroatoms. The molecule has 0 aliphatic heterocycles. The van der Waals surface area contributed by atoms with Crippen molar-refractivity contribution in [2.24, 2.45) is 0 Å². The lowest BCUT2D eigenvalue weighted by atomic mass is 10.2. The fourth-order valence-corrected chi connectivity index (χ4v) is 2.61. The number of ether oxygens (including phenoxy) is 1. The molecule has 23 heavy (non-hydrogen) atoms. The number of rotatable bonds is 5. The second-order valence-corrected chi connectivity index (χ2v) is 5.73. The SMILES string of the molecule is O=C(C=Cc1cccs1)Nc1ccccc1Oc1ccccc1. The number of benzene rings is 2. The van der Waals surface area contributed by atoms with E-state index in [1.165, 1.54) is 6.08 Å². The summed E-state index contributed by atoms with van der Waals surface area (Å²) in [4.78, 5) is 13.1. The van der Waals surface area contributed by atoms with Gasteiger partial charge in [0.15, 0.2) is 5.75 Å². The van der Waals surface area contributed by atoms with Gasteiger partial charge in [0.25, 0.3) is 0 Å². The Kier molecular flexibility index (Phi) is 4.86. The molecule has 0 bridgehead atoms. The molecule has 0 unspecified atom stereocenters. The maximum Gasteiger partial charge on any atom is 0.248 e. The largest absolute Gasteiger partial charge is 0.455 e. The van der Waals surface area contributed by atoms with Crippen molar-refractivity contribution in [3.05, 3.63) is 83.1 Å². The molecular formula is C19H15NO2S. The van der Waals surface area contributed by atoms with Crippen LogP contribution in [0.1, 0.15) is 4.88 Å². The zero-order chi connectivity index (χ0) is 15.9. The highest BCUT2D eigenvalue weighted by atomic mass is 32.1. The number of carbonyl (C=O) groups is 1. The van der Waals surface area contributed by atoms with E-state index >= 15 is 0 Å². The topological polar surface area (TPSA) is 38.3 Å². The van der Waals surface area contributed by atoms with Crippen LogP contribution in [-0.4, -0.2) is 5.91 Å². The first-order chi connectivity index (χ1) is 11.3. The molecular weight excluding hydrogens is 306 g/mol. The maximum absolute atomic E-state index is 12.1. The van der Waals surface area contributed by atoms with Crippen LogP contribution in [-0.2, 0) is 4.79 Å². The lowest BCUT2D eigenvalue weighted by Crippen LogP contribution is -2.08. The van der Waals surface area contributed by atoms with Gasteiger partial charge in [0.05, 0.1) is 5.69 Å². The lowest BCUT2D eigenvalue weighted by molar-refractivity contribution is -0.111. The third-order valence-electron chi connectivity index (χ3n) is 3.06. The average molecular weight is 321 g/mol. The van der Waals surface area contributed by atoms with Crippen LogP contribution in [0.5, 0.6) is 11.5 Å². The van der Waals surface area contributed by atoms with Crippen LogP contribution < -0.4 is 10.1 Å². The van der Waals surface area contributed by atoms with Crippen molar-refractivity contribution in [1.29, 1.82) is 0 Å². The molecule has 1 N–H and O–H groups in total. The Morgan fingerprint density at radius 1 is 0.957 bits per heavy atom. The Hall–Kier alpha value is -2.85. The van der Waals surface area contributed by atoms with Crippen molar-refractivity contribution in [2.75, 3.05) is 5.32 Å². The van der Waals surface area contributed by atoms with Gasteiger partial charge in [-0.15, -0.1) is 11.3 Å². The fraction of sp³-hybridized carbons (Fsp3) is 0. The molecule has 0 fully saturated rings. The van der Waals surface area contributed by atoms with E-state index in [1.54, 1.807) is 17.4 Å². The summed E-state index contributed by atoms with van der Waals surface area (Å²) in [5, 5.41) is 4.82. The number of hydrogen-bond acceptors (Lipinski definition) is 3. The van der Waals surface area contributed by atoms with Gasteiger partial charge in [0.1, 0.15) is 5.75 Å². The zero-order valence-corrected chi connectivity index (χ0v) is 13.1. The molecule has 0 saturated carbocycles. The molecule has 1 aromatic heterocycles. The second-order valence-electron chi connectivity index (χ2n) is 4.75. The summed E-state index contributed by atoms with van der Waals surface area (Å²) in [7, 11) is 0. The van der Waals surface area contributed by atoms with E-state index in [0.29, 0.717) is 11.4 Å². The number of amides is 1. The van der Waals surface area contributed by atoms with Gasteiger partial charge in [-0.2, -0.15) is 0 Å². The number of hydrogen-bond donors (Lipinski definition) is 1. The van der Waals surface area contributed by atoms with E-state index in [9.17, 15) is 4.79 Å². The number of anilines is 1. The Morgan fingerprint density at radius 3 is 2.52 bits per heavy atom. The fourth-order valence-electron chi connectivity index (χ4n) is 1.99. The molecule has 0 aliphatic carbocycles. The third kappa shape index (κ3) is 4.31. The molecule has 0 aliphatic rings. The van der Waals surface area contributed by atoms with Crippen molar-refractivity contribution in [2.45, 2.75) is 0 Å². The molecule has 1 amide bonds. The maximum atomic E-state index is 12.1. The van der Waals surface area contributed by atoms with Gasteiger partial charge in [-0.05, 0) is 41.8 Å². The minimum Gasteiger partial charge on any atom is -0.455 e. The van der Waals surface area contributed by atoms with E-state index in [0.717, 1.165) is 10.6 Å². The zero-order valence-electron chi connectivity index (χ0n) is 12.3. The van der Waals surface area contributed by atoms with Crippen molar-refractivity contribution in [3.8, 4) is 11.5 Å². The van der Waals surface area contributed by atoms with Crippen LogP contribution in [0.4, 0.5) is 5.69 Å². The first kappa shape index (κ1) is 15.1. The average Bonchev–Trinajstić information content (AvgIpc) is 3.09. The molecule has 0 spiro atoms. The summed E-state index contributed by atoms with van der Waals surface area (Å²) in [6.45, 7) is 0. The lowest BCUT2D eigenvalue weighted by Gasteiger charge is -2.11. The van der Waals surface area contributed by atoms with Gasteiger partial charge >= 0.3 is 0 Å². The first-order valence-corrected chi connectivity index (χ1v) is 8.04. The summed E-state index contributed by atoms with van der Waals surface area (Å²) in [6.07, 6.45) is 3.31. The van der Waals surface area contributed by atoms with Crippen molar-refractivity contribution in [1.82, 2.24) is 0 Å².